The Balaban J connectivity index is 2.22. The lowest BCUT2D eigenvalue weighted by Crippen LogP contribution is -2.22. The molecule has 2 rings (SSSR count). The van der Waals surface area contributed by atoms with Crippen LogP contribution in [0.15, 0.2) is 30.3 Å². The van der Waals surface area contributed by atoms with Crippen LogP contribution in [-0.4, -0.2) is 10.6 Å². The second-order valence-corrected chi connectivity index (χ2v) is 3.36. The summed E-state index contributed by atoms with van der Waals surface area (Å²) in [6.45, 7) is 1.77. The normalized spacial score (nSPS) is 29.9. The van der Waals surface area contributed by atoms with Gasteiger partial charge in [-0.15, -0.1) is 0 Å². The average molecular weight is 193 g/mol. The number of benzene rings is 1. The van der Waals surface area contributed by atoms with E-state index in [0.29, 0.717) is 6.42 Å². The molecule has 2 unspecified atom stereocenters. The lowest BCUT2D eigenvalue weighted by molar-refractivity contribution is -0.564. The van der Waals surface area contributed by atoms with E-state index in [4.69, 9.17) is 4.74 Å². The van der Waals surface area contributed by atoms with Crippen LogP contribution in [0.5, 0.6) is 0 Å². The molecule has 4 heteroatoms. The Morgan fingerprint density at radius 2 is 2.14 bits per heavy atom. The van der Waals surface area contributed by atoms with E-state index in [0.717, 1.165) is 5.56 Å². The van der Waals surface area contributed by atoms with Gasteiger partial charge in [0, 0.05) is 6.42 Å². The third-order valence-electron chi connectivity index (χ3n) is 2.59. The Kier molecular flexibility index (Phi) is 2.00. The van der Waals surface area contributed by atoms with Gasteiger partial charge >= 0.3 is 5.72 Å². The number of hydrogen-bond donors (Lipinski definition) is 0. The minimum absolute atomic E-state index is 0.329. The van der Waals surface area contributed by atoms with Crippen LogP contribution in [0, 0.1) is 10.1 Å². The first-order valence-electron chi connectivity index (χ1n) is 4.58. The van der Waals surface area contributed by atoms with Crippen LogP contribution in [-0.2, 0) is 4.74 Å². The van der Waals surface area contributed by atoms with E-state index < -0.39 is 5.72 Å². The highest BCUT2D eigenvalue weighted by molar-refractivity contribution is 5.23. The first-order chi connectivity index (χ1) is 6.70. The van der Waals surface area contributed by atoms with Crippen LogP contribution >= 0.6 is 0 Å². The molecule has 2 atom stereocenters. The van der Waals surface area contributed by atoms with Crippen molar-refractivity contribution in [2.45, 2.75) is 25.2 Å². The van der Waals surface area contributed by atoms with Gasteiger partial charge in [-0.1, -0.05) is 37.3 Å². The Hall–Kier alpha value is -1.42. The van der Waals surface area contributed by atoms with Crippen molar-refractivity contribution in [2.75, 3.05) is 0 Å². The average Bonchev–Trinajstić information content (AvgIpc) is 2.95. The highest BCUT2D eigenvalue weighted by Crippen LogP contribution is 2.51. The number of rotatable bonds is 3. The highest BCUT2D eigenvalue weighted by atomic mass is 16.7. The summed E-state index contributed by atoms with van der Waals surface area (Å²) in [5, 5.41) is 10.8. The van der Waals surface area contributed by atoms with Crippen molar-refractivity contribution in [1.29, 1.82) is 0 Å². The number of ether oxygens (including phenoxy) is 1. The Bertz CT molecular complexity index is 352. The summed E-state index contributed by atoms with van der Waals surface area (Å²) < 4.78 is 5.20. The second kappa shape index (κ2) is 3.06. The molecule has 1 aromatic carbocycles. The Morgan fingerprint density at radius 3 is 2.57 bits per heavy atom. The summed E-state index contributed by atoms with van der Waals surface area (Å²) in [7, 11) is 0. The summed E-state index contributed by atoms with van der Waals surface area (Å²) in [6.07, 6.45) is 0.0308. The van der Waals surface area contributed by atoms with Crippen molar-refractivity contribution < 1.29 is 9.66 Å². The molecule has 4 nitrogen and oxygen atoms in total. The zero-order valence-corrected chi connectivity index (χ0v) is 7.84. The zero-order valence-electron chi connectivity index (χ0n) is 7.84. The molecule has 1 aromatic rings. The number of nitrogens with zero attached hydrogens (tertiary/aromatic N) is 1. The molecule has 0 aromatic heterocycles. The van der Waals surface area contributed by atoms with Gasteiger partial charge in [-0.25, -0.2) is 0 Å². The molecule has 1 saturated heterocycles. The fourth-order valence-electron chi connectivity index (χ4n) is 1.66. The molecule has 0 bridgehead atoms. The van der Waals surface area contributed by atoms with Crippen molar-refractivity contribution in [3.8, 4) is 0 Å². The fourth-order valence-corrected chi connectivity index (χ4v) is 1.66. The topological polar surface area (TPSA) is 55.7 Å². The van der Waals surface area contributed by atoms with Gasteiger partial charge in [0.2, 0.25) is 0 Å². The molecule has 0 amide bonds. The van der Waals surface area contributed by atoms with E-state index >= 15 is 0 Å². The van der Waals surface area contributed by atoms with Crippen LogP contribution in [0.3, 0.4) is 0 Å². The van der Waals surface area contributed by atoms with Gasteiger partial charge in [0.25, 0.3) is 0 Å². The third kappa shape index (κ3) is 1.19. The maximum absolute atomic E-state index is 10.8. The standard InChI is InChI=1S/C10H11NO3/c1-2-10(11(12)13)9(14-10)8-6-4-3-5-7-8/h3-7,9H,2H2,1H3. The van der Waals surface area contributed by atoms with Crippen LogP contribution in [0.25, 0.3) is 0 Å². The monoisotopic (exact) mass is 193 g/mol. The molecule has 0 N–H and O–H groups in total. The van der Waals surface area contributed by atoms with Crippen molar-refractivity contribution in [2.24, 2.45) is 0 Å². The molecular formula is C10H11NO3. The first kappa shape index (κ1) is 9.15. The SMILES string of the molecule is CCC1([N+](=O)[O-])OC1c1ccccc1. The quantitative estimate of drug-likeness (QED) is 0.420. The summed E-state index contributed by atoms with van der Waals surface area (Å²) in [4.78, 5) is 10.5. The van der Waals surface area contributed by atoms with Crippen LogP contribution in [0.1, 0.15) is 25.0 Å². The molecule has 1 fully saturated rings. The van der Waals surface area contributed by atoms with Crippen molar-refractivity contribution in [3.63, 3.8) is 0 Å². The van der Waals surface area contributed by atoms with E-state index in [1.807, 2.05) is 30.3 Å². The molecule has 0 saturated carbocycles. The largest absolute Gasteiger partial charge is 0.356 e. The van der Waals surface area contributed by atoms with Crippen molar-refractivity contribution in [3.05, 3.63) is 46.0 Å². The lowest BCUT2D eigenvalue weighted by Gasteiger charge is -2.00. The molecule has 1 aliphatic rings. The maximum Gasteiger partial charge on any atom is 0.356 e. The highest BCUT2D eigenvalue weighted by Gasteiger charge is 2.68. The maximum atomic E-state index is 10.8. The lowest BCUT2D eigenvalue weighted by atomic mass is 10.1. The predicted molar refractivity (Wildman–Crippen MR) is 50.3 cm³/mol. The van der Waals surface area contributed by atoms with Gasteiger partial charge in [-0.3, -0.25) is 14.9 Å². The Labute approximate surface area is 81.7 Å². The van der Waals surface area contributed by atoms with E-state index in [9.17, 15) is 10.1 Å². The summed E-state index contributed by atoms with van der Waals surface area (Å²) in [5.74, 6) is 0. The van der Waals surface area contributed by atoms with Crippen LogP contribution < -0.4 is 0 Å². The number of nitro groups is 1. The molecule has 14 heavy (non-hydrogen) atoms. The van der Waals surface area contributed by atoms with Gasteiger partial charge in [0.1, 0.15) is 0 Å². The molecule has 1 heterocycles. The number of hydrogen-bond acceptors (Lipinski definition) is 3. The van der Waals surface area contributed by atoms with E-state index in [1.165, 1.54) is 0 Å². The second-order valence-electron chi connectivity index (χ2n) is 3.36. The minimum Gasteiger partial charge on any atom is -0.294 e. The summed E-state index contributed by atoms with van der Waals surface area (Å²) in [6, 6.07) is 9.30. The van der Waals surface area contributed by atoms with Gasteiger partial charge < -0.3 is 0 Å². The molecular weight excluding hydrogens is 182 g/mol. The van der Waals surface area contributed by atoms with E-state index in [1.54, 1.807) is 6.92 Å². The van der Waals surface area contributed by atoms with Crippen LogP contribution in [0.4, 0.5) is 0 Å². The first-order valence-corrected chi connectivity index (χ1v) is 4.58. The minimum atomic E-state index is -1.17. The van der Waals surface area contributed by atoms with Gasteiger partial charge in [-0.05, 0) is 5.56 Å². The zero-order chi connectivity index (χ0) is 10.2. The van der Waals surface area contributed by atoms with Gasteiger partial charge in [0.15, 0.2) is 6.10 Å². The molecule has 1 aliphatic heterocycles. The van der Waals surface area contributed by atoms with Gasteiger partial charge in [-0.2, -0.15) is 0 Å². The predicted octanol–water partition coefficient (Wildman–Crippen LogP) is 2.14. The Morgan fingerprint density at radius 1 is 1.50 bits per heavy atom. The van der Waals surface area contributed by atoms with E-state index in [-0.39, 0.29) is 11.0 Å². The molecule has 0 aliphatic carbocycles. The van der Waals surface area contributed by atoms with E-state index in [2.05, 4.69) is 0 Å². The number of epoxide rings is 1. The fraction of sp³-hybridized carbons (Fsp3) is 0.400. The molecule has 74 valence electrons. The van der Waals surface area contributed by atoms with Crippen LogP contribution in [0.2, 0.25) is 0 Å². The smallest absolute Gasteiger partial charge is 0.294 e. The third-order valence-corrected chi connectivity index (χ3v) is 2.59. The van der Waals surface area contributed by atoms with Crippen molar-refractivity contribution >= 4 is 0 Å². The van der Waals surface area contributed by atoms with Gasteiger partial charge in [0.05, 0.1) is 4.92 Å². The van der Waals surface area contributed by atoms with Crippen molar-refractivity contribution in [1.82, 2.24) is 0 Å². The summed E-state index contributed by atoms with van der Waals surface area (Å²) in [5.41, 5.74) is -0.285. The summed E-state index contributed by atoms with van der Waals surface area (Å²) >= 11 is 0. The molecule has 0 radical (unpaired) electrons. The molecule has 0 spiro atoms.